The number of amides is 1. The molecule has 0 aliphatic heterocycles. The average molecular weight is 362 g/mol. The van der Waals surface area contributed by atoms with E-state index in [0.29, 0.717) is 17.9 Å². The van der Waals surface area contributed by atoms with E-state index in [1.807, 2.05) is 0 Å². The van der Waals surface area contributed by atoms with Crippen LogP contribution in [-0.2, 0) is 14.3 Å². The number of rotatable bonds is 7. The Balaban J connectivity index is 1.84. The monoisotopic (exact) mass is 362 g/mol. The highest BCUT2D eigenvalue weighted by atomic mass is 16.6. The highest BCUT2D eigenvalue weighted by molar-refractivity contribution is 5.96. The number of esters is 1. The summed E-state index contributed by atoms with van der Waals surface area (Å²) in [6.07, 6.45) is 7.12. The molecule has 1 N–H and O–H groups in total. The summed E-state index contributed by atoms with van der Waals surface area (Å²) in [6, 6.07) is 2.99. The molecule has 1 fully saturated rings. The first-order chi connectivity index (χ1) is 12.4. The van der Waals surface area contributed by atoms with Crippen molar-refractivity contribution in [3.05, 3.63) is 33.4 Å². The highest BCUT2D eigenvalue weighted by Gasteiger charge is 2.20. The van der Waals surface area contributed by atoms with Crippen molar-refractivity contribution in [2.24, 2.45) is 5.92 Å². The van der Waals surface area contributed by atoms with Gasteiger partial charge in [0.1, 0.15) is 5.69 Å². The molecule has 1 aliphatic carbocycles. The predicted octanol–water partition coefficient (Wildman–Crippen LogP) is 4.05. The van der Waals surface area contributed by atoms with E-state index in [-0.39, 0.29) is 11.4 Å². The molecule has 0 heterocycles. The summed E-state index contributed by atoms with van der Waals surface area (Å²) in [7, 11) is 0. The second kappa shape index (κ2) is 9.31. The van der Waals surface area contributed by atoms with Crippen LogP contribution in [0.25, 0.3) is 0 Å². The molecule has 7 heteroatoms. The second-order valence-corrected chi connectivity index (χ2v) is 6.91. The van der Waals surface area contributed by atoms with Gasteiger partial charge in [0.05, 0.1) is 4.92 Å². The van der Waals surface area contributed by atoms with Gasteiger partial charge in [-0.05, 0) is 37.3 Å². The minimum atomic E-state index is -0.576. The average Bonchev–Trinajstić information content (AvgIpc) is 2.62. The normalized spacial score (nSPS) is 14.7. The first-order valence-corrected chi connectivity index (χ1v) is 9.08. The number of nitrogens with one attached hydrogen (secondary N) is 1. The molecule has 2 rings (SSSR count). The topological polar surface area (TPSA) is 98.5 Å². The number of aryl methyl sites for hydroxylation is 1. The van der Waals surface area contributed by atoms with Crippen molar-refractivity contribution in [1.82, 2.24) is 0 Å². The van der Waals surface area contributed by atoms with Crippen molar-refractivity contribution >= 4 is 23.3 Å². The third-order valence-electron chi connectivity index (χ3n) is 5.02. The van der Waals surface area contributed by atoms with E-state index in [2.05, 4.69) is 5.32 Å². The summed E-state index contributed by atoms with van der Waals surface area (Å²) in [6.45, 7) is 3.07. The van der Waals surface area contributed by atoms with Crippen LogP contribution in [0.1, 0.15) is 56.1 Å². The smallest absolute Gasteiger partial charge is 0.306 e. The van der Waals surface area contributed by atoms with Gasteiger partial charge >= 0.3 is 5.97 Å². The molecule has 0 unspecified atom stereocenters. The van der Waals surface area contributed by atoms with Gasteiger partial charge in [0.2, 0.25) is 0 Å². The Morgan fingerprint density at radius 1 is 1.23 bits per heavy atom. The quantitative estimate of drug-likeness (QED) is 0.448. The van der Waals surface area contributed by atoms with Gasteiger partial charge in [-0.1, -0.05) is 38.2 Å². The van der Waals surface area contributed by atoms with Crippen LogP contribution in [-0.4, -0.2) is 23.4 Å². The van der Waals surface area contributed by atoms with Crippen LogP contribution in [0.3, 0.4) is 0 Å². The first-order valence-electron chi connectivity index (χ1n) is 9.08. The van der Waals surface area contributed by atoms with Gasteiger partial charge in [-0.2, -0.15) is 0 Å². The van der Waals surface area contributed by atoms with Crippen molar-refractivity contribution in [2.45, 2.75) is 58.8 Å². The molecule has 1 saturated carbocycles. The third kappa shape index (κ3) is 5.54. The number of hydrogen-bond acceptors (Lipinski definition) is 5. The Morgan fingerprint density at radius 2 is 1.92 bits per heavy atom. The summed E-state index contributed by atoms with van der Waals surface area (Å²) >= 11 is 0. The van der Waals surface area contributed by atoms with E-state index in [1.165, 1.54) is 25.3 Å². The minimum Gasteiger partial charge on any atom is -0.456 e. The number of nitro benzene ring substituents is 1. The Morgan fingerprint density at radius 3 is 2.58 bits per heavy atom. The molecule has 26 heavy (non-hydrogen) atoms. The number of carbonyl (C=O) groups excluding carboxylic acids is 2. The number of nitrogens with zero attached hydrogens (tertiary/aromatic N) is 1. The fourth-order valence-electron chi connectivity index (χ4n) is 3.30. The lowest BCUT2D eigenvalue weighted by atomic mass is 9.86. The Labute approximate surface area is 153 Å². The maximum absolute atomic E-state index is 12.1. The summed E-state index contributed by atoms with van der Waals surface area (Å²) < 4.78 is 5.02. The summed E-state index contributed by atoms with van der Waals surface area (Å²) in [5.74, 6) is -0.406. The molecule has 1 aromatic rings. The van der Waals surface area contributed by atoms with Crippen molar-refractivity contribution in [2.75, 3.05) is 11.9 Å². The molecule has 1 aliphatic rings. The molecule has 0 bridgehead atoms. The summed E-state index contributed by atoms with van der Waals surface area (Å²) in [5.41, 5.74) is 1.43. The van der Waals surface area contributed by atoms with Gasteiger partial charge in [-0.15, -0.1) is 0 Å². The van der Waals surface area contributed by atoms with Gasteiger partial charge in [-0.3, -0.25) is 19.7 Å². The van der Waals surface area contributed by atoms with Gasteiger partial charge < -0.3 is 10.1 Å². The molecule has 7 nitrogen and oxygen atoms in total. The minimum absolute atomic E-state index is 0.151. The fraction of sp³-hybridized carbons (Fsp3) is 0.579. The number of anilines is 1. The van der Waals surface area contributed by atoms with Crippen LogP contribution in [0.15, 0.2) is 12.1 Å². The van der Waals surface area contributed by atoms with Gasteiger partial charge in [0, 0.05) is 12.5 Å². The third-order valence-corrected chi connectivity index (χ3v) is 5.02. The van der Waals surface area contributed by atoms with Crippen molar-refractivity contribution in [3.63, 3.8) is 0 Å². The maximum Gasteiger partial charge on any atom is 0.306 e. The second-order valence-electron chi connectivity index (χ2n) is 6.91. The lowest BCUT2D eigenvalue weighted by molar-refractivity contribution is -0.384. The van der Waals surface area contributed by atoms with E-state index >= 15 is 0 Å². The van der Waals surface area contributed by atoms with Crippen LogP contribution in [0.5, 0.6) is 0 Å². The van der Waals surface area contributed by atoms with Crippen molar-refractivity contribution in [1.29, 1.82) is 0 Å². The Hall–Kier alpha value is -2.44. The lowest BCUT2D eigenvalue weighted by Crippen LogP contribution is -2.22. The molecule has 0 saturated heterocycles. The van der Waals surface area contributed by atoms with Gasteiger partial charge in [0.25, 0.3) is 11.6 Å². The van der Waals surface area contributed by atoms with E-state index in [0.717, 1.165) is 24.8 Å². The zero-order valence-electron chi connectivity index (χ0n) is 15.4. The predicted molar refractivity (Wildman–Crippen MR) is 98.0 cm³/mol. The summed E-state index contributed by atoms with van der Waals surface area (Å²) in [4.78, 5) is 34.5. The van der Waals surface area contributed by atoms with Crippen LogP contribution >= 0.6 is 0 Å². The van der Waals surface area contributed by atoms with E-state index in [9.17, 15) is 19.7 Å². The van der Waals surface area contributed by atoms with Crippen molar-refractivity contribution < 1.29 is 19.2 Å². The SMILES string of the molecule is Cc1ccc([N+](=O)[O-])c(NC(=O)COC(=O)CCC2CCCCC2)c1C. The fourth-order valence-corrected chi connectivity index (χ4v) is 3.30. The van der Waals surface area contributed by atoms with E-state index in [4.69, 9.17) is 4.74 Å². The molecule has 0 spiro atoms. The van der Waals surface area contributed by atoms with Gasteiger partial charge in [-0.25, -0.2) is 0 Å². The number of carbonyl (C=O) groups is 2. The maximum atomic E-state index is 12.1. The molecular formula is C19H26N2O5. The van der Waals surface area contributed by atoms with Crippen molar-refractivity contribution in [3.8, 4) is 0 Å². The zero-order chi connectivity index (χ0) is 19.1. The number of benzene rings is 1. The molecule has 0 radical (unpaired) electrons. The largest absolute Gasteiger partial charge is 0.456 e. The molecule has 1 aromatic carbocycles. The highest BCUT2D eigenvalue weighted by Crippen LogP contribution is 2.30. The van der Waals surface area contributed by atoms with E-state index < -0.39 is 23.4 Å². The van der Waals surface area contributed by atoms with Gasteiger partial charge in [0.15, 0.2) is 6.61 Å². The molecule has 142 valence electrons. The Kier molecular flexibility index (Phi) is 7.12. The standard InChI is InChI=1S/C19H26N2O5/c1-13-8-10-16(21(24)25)19(14(13)2)20-17(22)12-26-18(23)11-9-15-6-4-3-5-7-15/h8,10,15H,3-7,9,11-12H2,1-2H3,(H,20,22). The molecular weight excluding hydrogens is 336 g/mol. The molecule has 1 amide bonds. The van der Waals surface area contributed by atoms with Crippen LogP contribution in [0.4, 0.5) is 11.4 Å². The van der Waals surface area contributed by atoms with Crippen LogP contribution in [0, 0.1) is 29.9 Å². The van der Waals surface area contributed by atoms with Crippen LogP contribution in [0.2, 0.25) is 0 Å². The first kappa shape index (κ1) is 19.9. The number of nitro groups is 1. The van der Waals surface area contributed by atoms with Crippen LogP contribution < -0.4 is 5.32 Å². The Bertz CT molecular complexity index is 681. The lowest BCUT2D eigenvalue weighted by Gasteiger charge is -2.20. The molecule has 0 aromatic heterocycles. The zero-order valence-corrected chi connectivity index (χ0v) is 15.4. The number of hydrogen-bond donors (Lipinski definition) is 1. The number of ether oxygens (including phenoxy) is 1. The van der Waals surface area contributed by atoms with E-state index in [1.54, 1.807) is 19.9 Å². The summed E-state index contributed by atoms with van der Waals surface area (Å²) in [5, 5.41) is 13.6. The molecule has 0 atom stereocenters.